The molecular weight excluding hydrogens is 366 g/mol. The van der Waals surface area contributed by atoms with Crippen molar-refractivity contribution in [3.8, 4) is 5.75 Å². The largest absolute Gasteiger partial charge is 0.497 e. The third-order valence-corrected chi connectivity index (χ3v) is 6.09. The number of nitrogens with one attached hydrogen (secondary N) is 1. The average molecular weight is 396 g/mol. The maximum Gasteiger partial charge on any atom is 0.179 e. The second-order valence-electron chi connectivity index (χ2n) is 7.72. The summed E-state index contributed by atoms with van der Waals surface area (Å²) in [7, 11) is 3.57. The molecule has 1 fully saturated rings. The monoisotopic (exact) mass is 395 g/mol. The Morgan fingerprint density at radius 3 is 2.66 bits per heavy atom. The van der Waals surface area contributed by atoms with Crippen molar-refractivity contribution in [1.29, 1.82) is 0 Å². The van der Waals surface area contributed by atoms with Gasteiger partial charge in [0.1, 0.15) is 17.4 Å². The van der Waals surface area contributed by atoms with Crippen molar-refractivity contribution in [2.45, 2.75) is 51.7 Å². The Kier molecular flexibility index (Phi) is 5.67. The molecule has 0 bridgehead atoms. The first kappa shape index (κ1) is 19.6. The quantitative estimate of drug-likeness (QED) is 0.652. The summed E-state index contributed by atoms with van der Waals surface area (Å²) in [6.07, 6.45) is 5.13. The molecule has 0 radical (unpaired) electrons. The topological polar surface area (TPSA) is 73.6 Å². The lowest BCUT2D eigenvalue weighted by molar-refractivity contribution is 0.0422. The Balaban J connectivity index is 1.52. The van der Waals surface area contributed by atoms with Gasteiger partial charge in [-0.1, -0.05) is 25.5 Å². The van der Waals surface area contributed by atoms with E-state index in [2.05, 4.69) is 50.9 Å². The molecule has 0 unspecified atom stereocenters. The minimum absolute atomic E-state index is 0.227. The van der Waals surface area contributed by atoms with Gasteiger partial charge in [0.2, 0.25) is 0 Å². The van der Waals surface area contributed by atoms with Gasteiger partial charge in [-0.05, 0) is 43.4 Å². The summed E-state index contributed by atoms with van der Waals surface area (Å²) in [5.74, 6) is 3.62. The zero-order valence-electron chi connectivity index (χ0n) is 17.6. The highest BCUT2D eigenvalue weighted by Gasteiger charge is 2.37. The number of ether oxygens (including phenoxy) is 2. The fourth-order valence-electron chi connectivity index (χ4n) is 4.46. The Hall–Kier alpha value is -2.67. The third kappa shape index (κ3) is 3.79. The van der Waals surface area contributed by atoms with E-state index in [-0.39, 0.29) is 6.10 Å². The number of fused-ring (bicyclic) bond motifs is 1. The van der Waals surface area contributed by atoms with E-state index in [9.17, 15) is 0 Å². The van der Waals surface area contributed by atoms with Gasteiger partial charge in [-0.3, -0.25) is 4.40 Å². The molecule has 29 heavy (non-hydrogen) atoms. The molecule has 2 heterocycles. The van der Waals surface area contributed by atoms with Crippen molar-refractivity contribution in [3.63, 3.8) is 0 Å². The highest BCUT2D eigenvalue weighted by Crippen LogP contribution is 2.42. The van der Waals surface area contributed by atoms with Crippen LogP contribution in [0.2, 0.25) is 0 Å². The fraction of sp³-hybridized carbons (Fsp3) is 0.500. The molecule has 0 amide bonds. The van der Waals surface area contributed by atoms with Gasteiger partial charge < -0.3 is 14.8 Å². The van der Waals surface area contributed by atoms with Crippen molar-refractivity contribution < 1.29 is 9.47 Å². The number of rotatable bonds is 7. The lowest BCUT2D eigenvalue weighted by Gasteiger charge is -2.17. The van der Waals surface area contributed by atoms with Crippen LogP contribution in [0.15, 0.2) is 30.5 Å². The van der Waals surface area contributed by atoms with Crippen LogP contribution in [0.5, 0.6) is 5.75 Å². The summed E-state index contributed by atoms with van der Waals surface area (Å²) in [5.41, 5.74) is 3.01. The average Bonchev–Trinajstić information content (AvgIpc) is 3.37. The molecule has 3 aromatic rings. The van der Waals surface area contributed by atoms with Crippen molar-refractivity contribution in [1.82, 2.24) is 19.6 Å². The second kappa shape index (κ2) is 8.37. The molecule has 1 saturated carbocycles. The van der Waals surface area contributed by atoms with Gasteiger partial charge in [-0.15, -0.1) is 10.2 Å². The first-order chi connectivity index (χ1) is 14.1. The number of methoxy groups -OCH3 is 1. The first-order valence-corrected chi connectivity index (χ1v) is 10.3. The molecular formula is C22H29N5O2. The van der Waals surface area contributed by atoms with E-state index in [0.717, 1.165) is 53.6 Å². The maximum absolute atomic E-state index is 6.29. The molecule has 7 nitrogen and oxygen atoms in total. The SMILES string of the molecule is CC[C@H]1C[C@@H](OCc2ccc(OC)cc2)C[C@@H]1c1nnc2cnc(NC)c(C)n12. The predicted octanol–water partition coefficient (Wildman–Crippen LogP) is 3.97. The number of hydrogen-bond donors (Lipinski definition) is 1. The van der Waals surface area contributed by atoms with Crippen molar-refractivity contribution in [2.24, 2.45) is 5.92 Å². The Labute approximate surface area is 171 Å². The minimum atomic E-state index is 0.227. The van der Waals surface area contributed by atoms with Gasteiger partial charge in [0.05, 0.1) is 31.7 Å². The van der Waals surface area contributed by atoms with E-state index in [4.69, 9.17) is 9.47 Å². The molecule has 1 N–H and O–H groups in total. The molecule has 0 aliphatic heterocycles. The Bertz CT molecular complexity index is 969. The number of anilines is 1. The lowest BCUT2D eigenvalue weighted by Crippen LogP contribution is -2.12. The van der Waals surface area contributed by atoms with E-state index < -0.39 is 0 Å². The van der Waals surface area contributed by atoms with E-state index in [0.29, 0.717) is 18.4 Å². The smallest absolute Gasteiger partial charge is 0.179 e. The molecule has 1 aliphatic carbocycles. The van der Waals surface area contributed by atoms with E-state index in [1.165, 1.54) is 0 Å². The molecule has 0 spiro atoms. The number of aryl methyl sites for hydroxylation is 1. The van der Waals surface area contributed by atoms with Crippen molar-refractivity contribution in [2.75, 3.05) is 19.5 Å². The van der Waals surface area contributed by atoms with Crippen LogP contribution in [0.4, 0.5) is 5.82 Å². The number of nitrogens with zero attached hydrogens (tertiary/aromatic N) is 4. The maximum atomic E-state index is 6.29. The van der Waals surface area contributed by atoms with E-state index >= 15 is 0 Å². The van der Waals surface area contributed by atoms with Crippen LogP contribution in [-0.2, 0) is 11.3 Å². The molecule has 3 atom stereocenters. The second-order valence-corrected chi connectivity index (χ2v) is 7.72. The summed E-state index contributed by atoms with van der Waals surface area (Å²) < 4.78 is 13.7. The number of benzene rings is 1. The van der Waals surface area contributed by atoms with Crippen LogP contribution >= 0.6 is 0 Å². The first-order valence-electron chi connectivity index (χ1n) is 10.3. The van der Waals surface area contributed by atoms with Crippen LogP contribution in [0.1, 0.15) is 49.2 Å². The highest BCUT2D eigenvalue weighted by molar-refractivity contribution is 5.48. The molecule has 4 rings (SSSR count). The fourth-order valence-corrected chi connectivity index (χ4v) is 4.46. The normalized spacial score (nSPS) is 21.6. The van der Waals surface area contributed by atoms with E-state index in [1.54, 1.807) is 13.3 Å². The van der Waals surface area contributed by atoms with Gasteiger partial charge in [-0.2, -0.15) is 0 Å². The number of hydrogen-bond acceptors (Lipinski definition) is 6. The lowest BCUT2D eigenvalue weighted by atomic mass is 9.93. The zero-order chi connectivity index (χ0) is 20.4. The van der Waals surface area contributed by atoms with Crippen LogP contribution in [0.3, 0.4) is 0 Å². The molecule has 2 aromatic heterocycles. The van der Waals surface area contributed by atoms with Gasteiger partial charge in [0, 0.05) is 13.0 Å². The standard InChI is InChI=1S/C22H29N5O2/c1-5-16-10-18(29-13-15-6-8-17(28-4)9-7-15)11-19(16)22-26-25-20-12-24-21(23-3)14(2)27(20)22/h6-9,12,16,18-19,23H,5,10-11,13H2,1-4H3/t16-,18+,19-/m0/s1. The molecule has 0 saturated heterocycles. The number of aromatic nitrogens is 4. The molecule has 154 valence electrons. The van der Waals surface area contributed by atoms with E-state index in [1.807, 2.05) is 19.2 Å². The van der Waals surface area contributed by atoms with Crippen LogP contribution < -0.4 is 10.1 Å². The van der Waals surface area contributed by atoms with Crippen LogP contribution in [-0.4, -0.2) is 39.8 Å². The third-order valence-electron chi connectivity index (χ3n) is 6.09. The summed E-state index contributed by atoms with van der Waals surface area (Å²) >= 11 is 0. The van der Waals surface area contributed by atoms with Gasteiger partial charge in [0.25, 0.3) is 0 Å². The molecule has 1 aliphatic rings. The van der Waals surface area contributed by atoms with Gasteiger partial charge >= 0.3 is 0 Å². The molecule has 1 aromatic carbocycles. The van der Waals surface area contributed by atoms with Crippen molar-refractivity contribution >= 4 is 11.5 Å². The van der Waals surface area contributed by atoms with Gasteiger partial charge in [0.15, 0.2) is 5.65 Å². The van der Waals surface area contributed by atoms with Gasteiger partial charge in [-0.25, -0.2) is 4.98 Å². The van der Waals surface area contributed by atoms with Crippen molar-refractivity contribution in [3.05, 3.63) is 47.5 Å². The highest BCUT2D eigenvalue weighted by atomic mass is 16.5. The van der Waals surface area contributed by atoms with Crippen LogP contribution in [0, 0.1) is 12.8 Å². The summed E-state index contributed by atoms with van der Waals surface area (Å²) in [6, 6.07) is 8.07. The zero-order valence-corrected chi connectivity index (χ0v) is 17.6. The minimum Gasteiger partial charge on any atom is -0.497 e. The summed E-state index contributed by atoms with van der Waals surface area (Å²) in [4.78, 5) is 4.43. The predicted molar refractivity (Wildman–Crippen MR) is 112 cm³/mol. The summed E-state index contributed by atoms with van der Waals surface area (Å²) in [6.45, 7) is 4.93. The molecule has 7 heteroatoms. The summed E-state index contributed by atoms with van der Waals surface area (Å²) in [5, 5.41) is 12.1. The Morgan fingerprint density at radius 1 is 1.17 bits per heavy atom. The Morgan fingerprint density at radius 2 is 1.97 bits per heavy atom. The van der Waals surface area contributed by atoms with Crippen LogP contribution in [0.25, 0.3) is 5.65 Å².